The molecule has 0 aromatic carbocycles. The highest BCUT2D eigenvalue weighted by Gasteiger charge is 2.62. The van der Waals surface area contributed by atoms with E-state index in [0.29, 0.717) is 34.7 Å². The molecule has 6 atom stereocenters. The summed E-state index contributed by atoms with van der Waals surface area (Å²) in [5.74, 6) is 2.70. The molecular formula is C19H28O2. The number of carbonyl (C=O) groups is 2. The highest BCUT2D eigenvalue weighted by Crippen LogP contribution is 2.64. The number of rotatable bonds is 0. The lowest BCUT2D eigenvalue weighted by Gasteiger charge is -2.58. The summed E-state index contributed by atoms with van der Waals surface area (Å²) in [5.41, 5.74) is 0.207. The van der Waals surface area contributed by atoms with Crippen molar-refractivity contribution >= 4 is 11.6 Å². The first-order valence-corrected chi connectivity index (χ1v) is 9.03. The van der Waals surface area contributed by atoms with E-state index < -0.39 is 0 Å². The molecule has 0 amide bonds. The van der Waals surface area contributed by atoms with Crippen molar-refractivity contribution in [1.29, 1.82) is 0 Å². The Morgan fingerprint density at radius 2 is 1.76 bits per heavy atom. The Bertz CT molecular complexity index is 496. The number of fused-ring (bicyclic) bond motifs is 5. The van der Waals surface area contributed by atoms with Gasteiger partial charge in [0.2, 0.25) is 0 Å². The van der Waals surface area contributed by atoms with Crippen LogP contribution in [0.2, 0.25) is 0 Å². The van der Waals surface area contributed by atoms with Gasteiger partial charge in [0.05, 0.1) is 0 Å². The van der Waals surface area contributed by atoms with Gasteiger partial charge in [0, 0.05) is 24.2 Å². The van der Waals surface area contributed by atoms with Crippen LogP contribution in [0.1, 0.15) is 71.6 Å². The number of ketones is 2. The Morgan fingerprint density at radius 1 is 0.952 bits per heavy atom. The molecule has 116 valence electrons. The average molecular weight is 288 g/mol. The molecule has 21 heavy (non-hydrogen) atoms. The van der Waals surface area contributed by atoms with Gasteiger partial charge in [-0.15, -0.1) is 0 Å². The molecule has 2 heteroatoms. The molecule has 0 radical (unpaired) electrons. The summed E-state index contributed by atoms with van der Waals surface area (Å²) in [7, 11) is 0. The molecule has 4 aliphatic carbocycles. The Labute approximate surface area is 128 Å². The monoisotopic (exact) mass is 288 g/mol. The fraction of sp³-hybridized carbons (Fsp3) is 0.895. The third-order valence-electron chi connectivity index (χ3n) is 8.10. The first-order chi connectivity index (χ1) is 9.97. The van der Waals surface area contributed by atoms with Crippen molar-refractivity contribution in [3.8, 4) is 0 Å². The fourth-order valence-electron chi connectivity index (χ4n) is 6.74. The van der Waals surface area contributed by atoms with Gasteiger partial charge in [0.15, 0.2) is 0 Å². The lowest BCUT2D eigenvalue weighted by Crippen LogP contribution is -2.56. The molecule has 0 saturated heterocycles. The van der Waals surface area contributed by atoms with Crippen molar-refractivity contribution < 1.29 is 9.59 Å². The highest BCUT2D eigenvalue weighted by molar-refractivity contribution is 5.90. The lowest BCUT2D eigenvalue weighted by molar-refractivity contribution is -0.156. The van der Waals surface area contributed by atoms with Crippen molar-refractivity contribution in [2.24, 2.45) is 34.5 Å². The molecule has 0 heterocycles. The zero-order valence-corrected chi connectivity index (χ0v) is 13.5. The molecule has 0 bridgehead atoms. The van der Waals surface area contributed by atoms with Crippen molar-refractivity contribution in [3.63, 3.8) is 0 Å². The normalized spacial score (nSPS) is 53.0. The van der Waals surface area contributed by atoms with Gasteiger partial charge in [-0.25, -0.2) is 0 Å². The van der Waals surface area contributed by atoms with E-state index in [1.165, 1.54) is 25.7 Å². The van der Waals surface area contributed by atoms with Crippen LogP contribution in [0.5, 0.6) is 0 Å². The molecule has 0 spiro atoms. The van der Waals surface area contributed by atoms with Crippen LogP contribution in [0.25, 0.3) is 0 Å². The SMILES string of the molecule is C[C@]12CCCCC1CC(=O)[C@@H]1[C@H]2CC[C@]2(C)C(=O)CC[C@@H]12. The smallest absolute Gasteiger partial charge is 0.139 e. The van der Waals surface area contributed by atoms with Gasteiger partial charge in [0.1, 0.15) is 11.6 Å². The van der Waals surface area contributed by atoms with Gasteiger partial charge in [-0.3, -0.25) is 9.59 Å². The predicted molar refractivity (Wildman–Crippen MR) is 81.7 cm³/mol. The maximum Gasteiger partial charge on any atom is 0.139 e. The second-order valence-electron chi connectivity index (χ2n) is 8.78. The number of hydrogen-bond donors (Lipinski definition) is 0. The maximum atomic E-state index is 12.9. The third kappa shape index (κ3) is 1.71. The number of Topliss-reactive ketones (excluding diaryl/α,β-unsaturated/α-hetero) is 2. The molecule has 2 nitrogen and oxygen atoms in total. The van der Waals surface area contributed by atoms with Crippen LogP contribution in [0.3, 0.4) is 0 Å². The van der Waals surface area contributed by atoms with Crippen LogP contribution >= 0.6 is 0 Å². The summed E-state index contributed by atoms with van der Waals surface area (Å²) in [6, 6.07) is 0. The van der Waals surface area contributed by atoms with Gasteiger partial charge in [0.25, 0.3) is 0 Å². The predicted octanol–water partition coefficient (Wildman–Crippen LogP) is 4.17. The molecule has 0 aromatic heterocycles. The summed E-state index contributed by atoms with van der Waals surface area (Å²) in [6.45, 7) is 4.63. The first-order valence-electron chi connectivity index (χ1n) is 9.03. The molecule has 1 unspecified atom stereocenters. The van der Waals surface area contributed by atoms with Gasteiger partial charge >= 0.3 is 0 Å². The topological polar surface area (TPSA) is 34.1 Å². The van der Waals surface area contributed by atoms with Gasteiger partial charge < -0.3 is 0 Å². The van der Waals surface area contributed by atoms with Crippen molar-refractivity contribution in [2.45, 2.75) is 71.6 Å². The van der Waals surface area contributed by atoms with E-state index in [9.17, 15) is 9.59 Å². The second-order valence-corrected chi connectivity index (χ2v) is 8.78. The van der Waals surface area contributed by atoms with Crippen LogP contribution in [0.15, 0.2) is 0 Å². The minimum atomic E-state index is -0.172. The summed E-state index contributed by atoms with van der Waals surface area (Å²) in [6.07, 6.45) is 9.86. The highest BCUT2D eigenvalue weighted by atomic mass is 16.1. The van der Waals surface area contributed by atoms with E-state index in [2.05, 4.69) is 13.8 Å². The summed E-state index contributed by atoms with van der Waals surface area (Å²) in [5, 5.41) is 0. The minimum absolute atomic E-state index is 0.172. The number of carbonyl (C=O) groups excluding carboxylic acids is 2. The van der Waals surface area contributed by atoms with Gasteiger partial charge in [-0.1, -0.05) is 26.7 Å². The average Bonchev–Trinajstić information content (AvgIpc) is 2.76. The Kier molecular flexibility index (Phi) is 2.94. The quantitative estimate of drug-likeness (QED) is 0.670. The molecule has 0 aliphatic heterocycles. The molecule has 4 aliphatic rings. The lowest BCUT2D eigenvalue weighted by atomic mass is 9.45. The van der Waals surface area contributed by atoms with Crippen LogP contribution in [0, 0.1) is 34.5 Å². The van der Waals surface area contributed by atoms with E-state index in [1.807, 2.05) is 0 Å². The van der Waals surface area contributed by atoms with E-state index in [1.54, 1.807) is 0 Å². The van der Waals surface area contributed by atoms with Crippen LogP contribution in [-0.2, 0) is 9.59 Å². The molecule has 0 N–H and O–H groups in total. The van der Waals surface area contributed by atoms with E-state index in [-0.39, 0.29) is 11.3 Å². The molecule has 4 fully saturated rings. The maximum absolute atomic E-state index is 12.9. The molecular weight excluding hydrogens is 260 g/mol. The first kappa shape index (κ1) is 14.0. The van der Waals surface area contributed by atoms with Crippen molar-refractivity contribution in [3.05, 3.63) is 0 Å². The van der Waals surface area contributed by atoms with E-state index >= 15 is 0 Å². The fourth-order valence-corrected chi connectivity index (χ4v) is 6.74. The zero-order chi connectivity index (χ0) is 14.8. The standard InChI is InChI=1S/C19H28O2/c1-18-9-4-3-5-12(18)11-15(20)17-13-6-7-16(21)19(13,2)10-8-14(17)18/h12-14,17H,3-11H2,1-2H3/t12?,13-,14+,17-,18-,19-/m0/s1. The number of hydrogen-bond acceptors (Lipinski definition) is 2. The van der Waals surface area contributed by atoms with E-state index in [0.717, 1.165) is 32.1 Å². The van der Waals surface area contributed by atoms with Crippen LogP contribution < -0.4 is 0 Å². The van der Waals surface area contributed by atoms with Crippen molar-refractivity contribution in [2.75, 3.05) is 0 Å². The van der Waals surface area contributed by atoms with Crippen molar-refractivity contribution in [1.82, 2.24) is 0 Å². The zero-order valence-electron chi connectivity index (χ0n) is 13.5. The summed E-state index contributed by atoms with van der Waals surface area (Å²) < 4.78 is 0. The van der Waals surface area contributed by atoms with Crippen LogP contribution in [-0.4, -0.2) is 11.6 Å². The van der Waals surface area contributed by atoms with Gasteiger partial charge in [-0.05, 0) is 55.3 Å². The van der Waals surface area contributed by atoms with Crippen LogP contribution in [0.4, 0.5) is 0 Å². The Morgan fingerprint density at radius 3 is 2.57 bits per heavy atom. The Balaban J connectivity index is 1.72. The van der Waals surface area contributed by atoms with Gasteiger partial charge in [-0.2, -0.15) is 0 Å². The largest absolute Gasteiger partial charge is 0.299 e. The second kappa shape index (κ2) is 4.43. The minimum Gasteiger partial charge on any atom is -0.299 e. The Hall–Kier alpha value is -0.660. The summed E-state index contributed by atoms with van der Waals surface area (Å²) >= 11 is 0. The molecule has 4 saturated carbocycles. The summed E-state index contributed by atoms with van der Waals surface area (Å²) in [4.78, 5) is 25.3. The van der Waals surface area contributed by atoms with E-state index in [4.69, 9.17) is 0 Å². The third-order valence-corrected chi connectivity index (χ3v) is 8.10. The molecule has 4 rings (SSSR count). The molecule has 0 aromatic rings.